The molecule has 0 bridgehead atoms. The van der Waals surface area contributed by atoms with Crippen LogP contribution in [0.3, 0.4) is 0 Å². The number of anilines is 3. The Labute approximate surface area is 161 Å². The predicted octanol–water partition coefficient (Wildman–Crippen LogP) is 4.78. The van der Waals surface area contributed by atoms with Crippen molar-refractivity contribution in [2.45, 2.75) is 11.7 Å². The number of halogens is 4. The molecule has 0 aliphatic carbocycles. The molecule has 2 heterocycles. The highest BCUT2D eigenvalue weighted by molar-refractivity contribution is 8.03. The molecular formula is C16H13ClF3N5OS. The van der Waals surface area contributed by atoms with Crippen molar-refractivity contribution in [1.82, 2.24) is 9.88 Å². The minimum Gasteiger partial charge on any atom is -0.397 e. The highest BCUT2D eigenvalue weighted by Crippen LogP contribution is 2.34. The summed E-state index contributed by atoms with van der Waals surface area (Å²) in [5.41, 5.74) is 4.11. The molecule has 1 atom stereocenters. The quantitative estimate of drug-likeness (QED) is 0.628. The molecule has 1 aromatic heterocycles. The van der Waals surface area contributed by atoms with E-state index in [9.17, 15) is 18.0 Å². The number of nitrogens with two attached hydrogens (primary N) is 1. The smallest absolute Gasteiger partial charge is 0.397 e. The van der Waals surface area contributed by atoms with Gasteiger partial charge in [0.05, 0.1) is 22.0 Å². The number of aromatic nitrogens is 1. The molecular weight excluding hydrogens is 403 g/mol. The number of nitrogens with zero attached hydrogens (tertiary/aromatic N) is 2. The van der Waals surface area contributed by atoms with E-state index >= 15 is 0 Å². The largest absolute Gasteiger partial charge is 0.416 e. The lowest BCUT2D eigenvalue weighted by Gasteiger charge is -2.25. The number of thioether (sulfide) groups is 1. The van der Waals surface area contributed by atoms with Crippen LogP contribution in [-0.2, 0) is 6.18 Å². The number of carbonyl (C=O) groups excluding carboxylic acids is 1. The fraction of sp³-hybridized carbons (Fsp3) is 0.125. The number of carbonyl (C=O) groups is 1. The average Bonchev–Trinajstić information content (AvgIpc) is 3.06. The molecule has 0 saturated heterocycles. The van der Waals surface area contributed by atoms with Crippen LogP contribution in [0.2, 0.25) is 5.02 Å². The van der Waals surface area contributed by atoms with Gasteiger partial charge in [-0.05, 0) is 35.7 Å². The third-order valence-electron chi connectivity index (χ3n) is 3.56. The molecule has 1 aliphatic rings. The summed E-state index contributed by atoms with van der Waals surface area (Å²) >= 11 is 7.35. The van der Waals surface area contributed by atoms with E-state index in [1.807, 2.05) is 0 Å². The van der Waals surface area contributed by atoms with Crippen LogP contribution in [0.4, 0.5) is 35.2 Å². The van der Waals surface area contributed by atoms with E-state index < -0.39 is 23.3 Å². The second kappa shape index (κ2) is 7.57. The van der Waals surface area contributed by atoms with Gasteiger partial charge in [0.2, 0.25) is 0 Å². The van der Waals surface area contributed by atoms with Crippen LogP contribution in [0.25, 0.3) is 0 Å². The van der Waals surface area contributed by atoms with Crippen molar-refractivity contribution < 1.29 is 18.0 Å². The maximum absolute atomic E-state index is 12.7. The number of urea groups is 1. The Morgan fingerprint density at radius 1 is 1.33 bits per heavy atom. The van der Waals surface area contributed by atoms with E-state index in [0.717, 1.165) is 18.2 Å². The van der Waals surface area contributed by atoms with Crippen LogP contribution < -0.4 is 16.4 Å². The first-order valence-corrected chi connectivity index (χ1v) is 8.83. The zero-order chi connectivity index (χ0) is 19.6. The van der Waals surface area contributed by atoms with E-state index in [2.05, 4.69) is 15.6 Å². The number of amides is 2. The van der Waals surface area contributed by atoms with Gasteiger partial charge >= 0.3 is 12.2 Å². The number of nitrogen functional groups attached to an aromatic ring is 1. The van der Waals surface area contributed by atoms with Gasteiger partial charge < -0.3 is 16.4 Å². The van der Waals surface area contributed by atoms with E-state index in [1.165, 1.54) is 22.9 Å². The Morgan fingerprint density at radius 2 is 2.11 bits per heavy atom. The molecule has 1 aromatic carbocycles. The van der Waals surface area contributed by atoms with Gasteiger partial charge in [0.25, 0.3) is 0 Å². The van der Waals surface area contributed by atoms with E-state index in [1.54, 1.807) is 23.7 Å². The fourth-order valence-electron chi connectivity index (χ4n) is 2.24. The molecule has 2 amide bonds. The van der Waals surface area contributed by atoms with Crippen LogP contribution in [0.1, 0.15) is 5.56 Å². The van der Waals surface area contributed by atoms with Crippen LogP contribution in [0.15, 0.2) is 48.1 Å². The Morgan fingerprint density at radius 3 is 2.78 bits per heavy atom. The maximum Gasteiger partial charge on any atom is 0.416 e. The third kappa shape index (κ3) is 4.40. The summed E-state index contributed by atoms with van der Waals surface area (Å²) < 4.78 is 38.1. The highest BCUT2D eigenvalue weighted by atomic mass is 35.5. The molecule has 6 nitrogen and oxygen atoms in total. The van der Waals surface area contributed by atoms with Crippen LogP contribution in [-0.4, -0.2) is 21.4 Å². The summed E-state index contributed by atoms with van der Waals surface area (Å²) in [6, 6.07) is 5.48. The first-order valence-electron chi connectivity index (χ1n) is 7.51. The predicted molar refractivity (Wildman–Crippen MR) is 100 cm³/mol. The number of alkyl halides is 3. The number of benzene rings is 1. The molecule has 2 aromatic rings. The van der Waals surface area contributed by atoms with Crippen LogP contribution >= 0.6 is 23.4 Å². The van der Waals surface area contributed by atoms with E-state index in [4.69, 9.17) is 17.3 Å². The number of nitrogens with one attached hydrogen (secondary N) is 2. The molecule has 142 valence electrons. The Bertz CT molecular complexity index is 893. The second-order valence-corrected chi connectivity index (χ2v) is 6.79. The zero-order valence-electron chi connectivity index (χ0n) is 13.5. The van der Waals surface area contributed by atoms with Crippen molar-refractivity contribution >= 4 is 46.6 Å². The molecule has 11 heteroatoms. The standard InChI is InChI=1S/C16H13ClF3N5OS/c17-10-2-1-5-22-13(10)24-15-25(6-7-27-15)14(26)23-12-4-3-9(8-11(12)21)16(18,19)20/h1-8,15H,21H2,(H,22,24)(H,23,26). The van der Waals surface area contributed by atoms with Crippen molar-refractivity contribution in [3.05, 3.63) is 58.7 Å². The van der Waals surface area contributed by atoms with E-state index in [-0.39, 0.29) is 11.4 Å². The van der Waals surface area contributed by atoms with Crippen molar-refractivity contribution in [1.29, 1.82) is 0 Å². The lowest BCUT2D eigenvalue weighted by molar-refractivity contribution is -0.137. The minimum atomic E-state index is -4.51. The number of hydrogen-bond donors (Lipinski definition) is 3. The van der Waals surface area contributed by atoms with Crippen molar-refractivity contribution in [2.24, 2.45) is 0 Å². The van der Waals surface area contributed by atoms with Crippen LogP contribution in [0, 0.1) is 0 Å². The molecule has 4 N–H and O–H groups in total. The van der Waals surface area contributed by atoms with Gasteiger partial charge in [0.1, 0.15) is 5.82 Å². The highest BCUT2D eigenvalue weighted by Gasteiger charge is 2.31. The first-order chi connectivity index (χ1) is 12.8. The fourth-order valence-corrected chi connectivity index (χ4v) is 3.24. The van der Waals surface area contributed by atoms with Gasteiger partial charge in [-0.1, -0.05) is 23.4 Å². The monoisotopic (exact) mass is 415 g/mol. The molecule has 0 spiro atoms. The summed E-state index contributed by atoms with van der Waals surface area (Å²) in [5.74, 6) is 0.396. The summed E-state index contributed by atoms with van der Waals surface area (Å²) in [6.45, 7) is 0. The number of pyridine rings is 1. The summed E-state index contributed by atoms with van der Waals surface area (Å²) in [7, 11) is 0. The molecule has 27 heavy (non-hydrogen) atoms. The topological polar surface area (TPSA) is 83.3 Å². The molecule has 0 saturated carbocycles. The summed E-state index contributed by atoms with van der Waals surface area (Å²) in [4.78, 5) is 17.9. The average molecular weight is 416 g/mol. The van der Waals surface area contributed by atoms with Crippen LogP contribution in [0.5, 0.6) is 0 Å². The first kappa shape index (κ1) is 19.2. The molecule has 3 rings (SSSR count). The van der Waals surface area contributed by atoms with Gasteiger partial charge in [-0.25, -0.2) is 9.78 Å². The van der Waals surface area contributed by atoms with Gasteiger partial charge in [0.15, 0.2) is 5.50 Å². The zero-order valence-corrected chi connectivity index (χ0v) is 15.1. The Kier molecular flexibility index (Phi) is 5.38. The Hall–Kier alpha value is -2.59. The summed E-state index contributed by atoms with van der Waals surface area (Å²) in [6.07, 6.45) is -1.44. The second-order valence-electron chi connectivity index (χ2n) is 5.39. The minimum absolute atomic E-state index is 0.0768. The van der Waals surface area contributed by atoms with E-state index in [0.29, 0.717) is 10.8 Å². The van der Waals surface area contributed by atoms with Gasteiger partial charge in [-0.2, -0.15) is 13.2 Å². The molecule has 0 fully saturated rings. The third-order valence-corrected chi connectivity index (χ3v) is 4.74. The van der Waals surface area contributed by atoms with Gasteiger partial charge in [0, 0.05) is 12.4 Å². The number of hydrogen-bond acceptors (Lipinski definition) is 5. The lowest BCUT2D eigenvalue weighted by atomic mass is 10.1. The van der Waals surface area contributed by atoms with Crippen molar-refractivity contribution in [3.8, 4) is 0 Å². The van der Waals surface area contributed by atoms with Crippen molar-refractivity contribution in [2.75, 3.05) is 16.4 Å². The van der Waals surface area contributed by atoms with Gasteiger partial charge in [-0.3, -0.25) is 4.90 Å². The lowest BCUT2D eigenvalue weighted by Crippen LogP contribution is -2.39. The molecule has 1 unspecified atom stereocenters. The number of rotatable bonds is 3. The maximum atomic E-state index is 12.7. The molecule has 1 aliphatic heterocycles. The normalized spacial score (nSPS) is 16.4. The Balaban J connectivity index is 1.72. The SMILES string of the molecule is Nc1cc(C(F)(F)F)ccc1NC(=O)N1C=CSC1Nc1ncccc1Cl. The molecule has 0 radical (unpaired) electrons. The summed E-state index contributed by atoms with van der Waals surface area (Å²) in [5, 5.41) is 7.58. The van der Waals surface area contributed by atoms with Crippen molar-refractivity contribution in [3.63, 3.8) is 0 Å². The van der Waals surface area contributed by atoms with Gasteiger partial charge in [-0.15, -0.1) is 0 Å².